The Morgan fingerprint density at radius 2 is 1.38 bits per heavy atom. The van der Waals surface area contributed by atoms with Crippen molar-refractivity contribution < 1.29 is 24.9 Å². The summed E-state index contributed by atoms with van der Waals surface area (Å²) >= 11 is 0. The molecule has 0 aliphatic carbocycles. The number of carbonyl (C=O) groups excluding carboxylic acids is 1. The van der Waals surface area contributed by atoms with Crippen LogP contribution in [0.1, 0.15) is 27.6 Å². The van der Waals surface area contributed by atoms with Gasteiger partial charge in [-0.15, -0.1) is 0 Å². The molecule has 3 rings (SSSR count). The Kier molecular flexibility index (Phi) is 5.16. The van der Waals surface area contributed by atoms with Crippen molar-refractivity contribution in [3.63, 3.8) is 0 Å². The highest BCUT2D eigenvalue weighted by molar-refractivity contribution is 6.03. The molecule has 0 amide bonds. The number of rotatable bonds is 2. The topological polar surface area (TPSA) is 94.8 Å². The van der Waals surface area contributed by atoms with Crippen molar-refractivity contribution in [1.82, 2.24) is 0 Å². The van der Waals surface area contributed by atoms with Crippen LogP contribution in [0.15, 0.2) is 60.7 Å². The van der Waals surface area contributed by atoms with E-state index in [1.54, 1.807) is 31.2 Å². The zero-order valence-corrected chi connectivity index (χ0v) is 12.9. The first-order chi connectivity index (χ1) is 11.4. The molecule has 0 aromatic heterocycles. The molecule has 122 valence electrons. The summed E-state index contributed by atoms with van der Waals surface area (Å²) in [6, 6.07) is 16.8. The van der Waals surface area contributed by atoms with E-state index in [4.69, 9.17) is 5.11 Å². The van der Waals surface area contributed by atoms with Crippen LogP contribution < -0.4 is 0 Å². The maximum absolute atomic E-state index is 10.7. The van der Waals surface area contributed by atoms with E-state index in [0.29, 0.717) is 10.8 Å². The lowest BCUT2D eigenvalue weighted by atomic mass is 10.0. The van der Waals surface area contributed by atoms with E-state index in [1.807, 2.05) is 30.3 Å². The third-order valence-electron chi connectivity index (χ3n) is 3.41. The smallest absolute Gasteiger partial charge is 0.339 e. The lowest BCUT2D eigenvalue weighted by Crippen LogP contribution is -1.97. The normalized spacial score (nSPS) is 9.88. The number of carbonyl (C=O) groups is 2. The van der Waals surface area contributed by atoms with Gasteiger partial charge >= 0.3 is 5.97 Å². The number of carboxylic acids is 1. The number of carboxylic acid groups (broad SMARTS) is 1. The van der Waals surface area contributed by atoms with E-state index in [9.17, 15) is 19.8 Å². The number of benzene rings is 3. The lowest BCUT2D eigenvalue weighted by Gasteiger charge is -2.06. The Bertz CT molecular complexity index is 885. The molecule has 3 aromatic rings. The SMILES string of the molecule is CC(=O)c1ccccc1.O=C(O)c1cc(O)c2ccccc2c1O. The van der Waals surface area contributed by atoms with Crippen LogP contribution in [0.3, 0.4) is 0 Å². The second kappa shape index (κ2) is 7.28. The molecular weight excluding hydrogens is 308 g/mol. The van der Waals surface area contributed by atoms with E-state index < -0.39 is 5.97 Å². The van der Waals surface area contributed by atoms with Gasteiger partial charge in [0.2, 0.25) is 0 Å². The van der Waals surface area contributed by atoms with Gasteiger partial charge in [-0.3, -0.25) is 4.79 Å². The maximum atomic E-state index is 10.7. The molecule has 5 nitrogen and oxygen atoms in total. The fourth-order valence-electron chi connectivity index (χ4n) is 2.18. The molecule has 0 aliphatic rings. The van der Waals surface area contributed by atoms with Gasteiger partial charge < -0.3 is 15.3 Å². The van der Waals surface area contributed by atoms with Crippen molar-refractivity contribution in [3.8, 4) is 11.5 Å². The molecule has 0 heterocycles. The van der Waals surface area contributed by atoms with E-state index in [-0.39, 0.29) is 22.8 Å². The Labute approximate surface area is 138 Å². The summed E-state index contributed by atoms with van der Waals surface area (Å²) in [4.78, 5) is 21.4. The quantitative estimate of drug-likeness (QED) is 0.492. The highest BCUT2D eigenvalue weighted by atomic mass is 16.4. The van der Waals surface area contributed by atoms with E-state index >= 15 is 0 Å². The summed E-state index contributed by atoms with van der Waals surface area (Å²) in [5.41, 5.74) is 0.476. The predicted molar refractivity (Wildman–Crippen MR) is 90.7 cm³/mol. The third-order valence-corrected chi connectivity index (χ3v) is 3.41. The Balaban J connectivity index is 0.000000198. The van der Waals surface area contributed by atoms with Crippen molar-refractivity contribution in [2.24, 2.45) is 0 Å². The number of phenols is 2. The second-order valence-corrected chi connectivity index (χ2v) is 5.06. The van der Waals surface area contributed by atoms with Gasteiger partial charge in [0.1, 0.15) is 17.1 Å². The molecule has 0 aliphatic heterocycles. The van der Waals surface area contributed by atoms with Gasteiger partial charge in [-0.25, -0.2) is 4.79 Å². The number of ketones is 1. The molecule has 5 heteroatoms. The van der Waals surface area contributed by atoms with Crippen molar-refractivity contribution in [3.05, 3.63) is 71.8 Å². The molecule has 3 aromatic carbocycles. The van der Waals surface area contributed by atoms with Gasteiger partial charge in [0, 0.05) is 16.3 Å². The van der Waals surface area contributed by atoms with Crippen molar-refractivity contribution in [1.29, 1.82) is 0 Å². The van der Waals surface area contributed by atoms with Gasteiger partial charge in [0.25, 0.3) is 0 Å². The minimum Gasteiger partial charge on any atom is -0.507 e. The van der Waals surface area contributed by atoms with Crippen molar-refractivity contribution >= 4 is 22.5 Å². The van der Waals surface area contributed by atoms with Crippen molar-refractivity contribution in [2.75, 3.05) is 0 Å². The van der Waals surface area contributed by atoms with Crippen LogP contribution in [-0.4, -0.2) is 27.1 Å². The van der Waals surface area contributed by atoms with E-state index in [0.717, 1.165) is 11.6 Å². The van der Waals surface area contributed by atoms with Gasteiger partial charge in [-0.1, -0.05) is 54.6 Å². The molecule has 0 spiro atoms. The lowest BCUT2D eigenvalue weighted by molar-refractivity contribution is 0.0693. The summed E-state index contributed by atoms with van der Waals surface area (Å²) < 4.78 is 0. The first kappa shape index (κ1) is 17.0. The first-order valence-electron chi connectivity index (χ1n) is 7.14. The largest absolute Gasteiger partial charge is 0.507 e. The number of hydrogen-bond donors (Lipinski definition) is 3. The number of aromatic hydroxyl groups is 2. The van der Waals surface area contributed by atoms with Crippen LogP contribution in [0.4, 0.5) is 0 Å². The van der Waals surface area contributed by atoms with Crippen LogP contribution in [0.2, 0.25) is 0 Å². The average Bonchev–Trinajstić information content (AvgIpc) is 2.59. The van der Waals surface area contributed by atoms with E-state index in [1.165, 1.54) is 0 Å². The standard InChI is InChI=1S/C11H8O4.C8H8O/c12-9-5-8(11(14)15)10(13)7-4-2-1-3-6(7)9;1-7(9)8-5-3-2-4-6-8/h1-5,12-13H,(H,14,15);2-6H,1H3. The summed E-state index contributed by atoms with van der Waals surface area (Å²) in [7, 11) is 0. The first-order valence-corrected chi connectivity index (χ1v) is 7.14. The fraction of sp³-hybridized carbons (Fsp3) is 0.0526. The van der Waals surface area contributed by atoms with Crippen LogP contribution in [0.5, 0.6) is 11.5 Å². The fourth-order valence-corrected chi connectivity index (χ4v) is 2.18. The zero-order valence-electron chi connectivity index (χ0n) is 12.9. The zero-order chi connectivity index (χ0) is 17.7. The number of phenolic OH excluding ortho intramolecular Hbond substituents is 1. The minimum atomic E-state index is -1.27. The summed E-state index contributed by atoms with van der Waals surface area (Å²) in [6.45, 7) is 1.56. The molecule has 0 fully saturated rings. The summed E-state index contributed by atoms with van der Waals surface area (Å²) in [6.07, 6.45) is 0. The third kappa shape index (κ3) is 3.70. The number of aromatic carboxylic acids is 1. The van der Waals surface area contributed by atoms with Crippen LogP contribution >= 0.6 is 0 Å². The molecule has 24 heavy (non-hydrogen) atoms. The predicted octanol–water partition coefficient (Wildman–Crippen LogP) is 3.84. The minimum absolute atomic E-state index is 0.121. The summed E-state index contributed by atoms with van der Waals surface area (Å²) in [5, 5.41) is 28.7. The highest BCUT2D eigenvalue weighted by Gasteiger charge is 2.15. The molecule has 0 saturated carbocycles. The second-order valence-electron chi connectivity index (χ2n) is 5.06. The molecule has 0 unspecified atom stereocenters. The Hall–Kier alpha value is -3.34. The van der Waals surface area contributed by atoms with Gasteiger partial charge in [0.05, 0.1) is 0 Å². The maximum Gasteiger partial charge on any atom is 0.339 e. The Morgan fingerprint density at radius 3 is 1.88 bits per heavy atom. The van der Waals surface area contributed by atoms with Gasteiger partial charge in [-0.2, -0.15) is 0 Å². The molecule has 0 atom stereocenters. The molecule has 0 bridgehead atoms. The van der Waals surface area contributed by atoms with Gasteiger partial charge in [-0.05, 0) is 13.0 Å². The number of fused-ring (bicyclic) bond motifs is 1. The molecule has 0 saturated heterocycles. The average molecular weight is 324 g/mol. The van der Waals surface area contributed by atoms with Crippen molar-refractivity contribution in [2.45, 2.75) is 6.92 Å². The Morgan fingerprint density at radius 1 is 0.833 bits per heavy atom. The monoisotopic (exact) mass is 324 g/mol. The number of hydrogen-bond acceptors (Lipinski definition) is 4. The molecule has 0 radical (unpaired) electrons. The molecule has 3 N–H and O–H groups in total. The van der Waals surface area contributed by atoms with Crippen LogP contribution in [0, 0.1) is 0 Å². The van der Waals surface area contributed by atoms with E-state index in [2.05, 4.69) is 0 Å². The molecular formula is C19H16O5. The van der Waals surface area contributed by atoms with Gasteiger partial charge in [0.15, 0.2) is 5.78 Å². The van der Waals surface area contributed by atoms with Crippen LogP contribution in [0.25, 0.3) is 10.8 Å². The summed E-state index contributed by atoms with van der Waals surface area (Å²) in [5.74, 6) is -1.62. The highest BCUT2D eigenvalue weighted by Crippen LogP contribution is 2.34. The number of Topliss-reactive ketones (excluding diaryl/α,β-unsaturated/α-hetero) is 1. The van der Waals surface area contributed by atoms with Crippen LogP contribution in [-0.2, 0) is 0 Å².